The van der Waals surface area contributed by atoms with Gasteiger partial charge in [0.25, 0.3) is 5.91 Å². The van der Waals surface area contributed by atoms with Crippen LogP contribution in [0.5, 0.6) is 5.75 Å². The third-order valence-electron chi connectivity index (χ3n) is 4.82. The highest BCUT2D eigenvalue weighted by Crippen LogP contribution is 2.25. The van der Waals surface area contributed by atoms with Crippen LogP contribution in [0, 0.1) is 0 Å². The molecule has 0 radical (unpaired) electrons. The summed E-state index contributed by atoms with van der Waals surface area (Å²) >= 11 is 6.08. The van der Waals surface area contributed by atoms with Gasteiger partial charge in [-0.2, -0.15) is 4.31 Å². The van der Waals surface area contributed by atoms with Crippen molar-refractivity contribution in [1.82, 2.24) is 4.31 Å². The van der Waals surface area contributed by atoms with Crippen LogP contribution in [-0.2, 0) is 19.6 Å². The van der Waals surface area contributed by atoms with Crippen LogP contribution >= 0.6 is 11.6 Å². The number of halogens is 1. The Labute approximate surface area is 186 Å². The van der Waals surface area contributed by atoms with Gasteiger partial charge in [-0.3, -0.25) is 4.79 Å². The van der Waals surface area contributed by atoms with Crippen molar-refractivity contribution in [3.05, 3.63) is 53.1 Å². The van der Waals surface area contributed by atoms with Gasteiger partial charge in [-0.05, 0) is 55.3 Å². The molecule has 0 aliphatic carbocycles. The minimum Gasteiger partial charge on any atom is -0.497 e. The van der Waals surface area contributed by atoms with E-state index >= 15 is 0 Å². The third-order valence-corrected chi connectivity index (χ3v) is 7.04. The summed E-state index contributed by atoms with van der Waals surface area (Å²) in [5.74, 6) is -0.796. The van der Waals surface area contributed by atoms with E-state index in [-0.39, 0.29) is 15.5 Å². The van der Waals surface area contributed by atoms with E-state index in [1.807, 2.05) is 0 Å². The van der Waals surface area contributed by atoms with Gasteiger partial charge in [-0.25, -0.2) is 13.2 Å². The number of ether oxygens (including phenoxy) is 2. The number of sulfonamides is 1. The van der Waals surface area contributed by atoms with Crippen LogP contribution in [0.2, 0.25) is 5.02 Å². The second-order valence-electron chi connectivity index (χ2n) is 6.96. The second-order valence-corrected chi connectivity index (χ2v) is 9.30. The largest absolute Gasteiger partial charge is 0.497 e. The molecule has 31 heavy (non-hydrogen) atoms. The Balaban J connectivity index is 1.65. The number of benzene rings is 2. The minimum atomic E-state index is -3.74. The molecule has 10 heteroatoms. The van der Waals surface area contributed by atoms with Crippen molar-refractivity contribution < 1.29 is 27.5 Å². The second kappa shape index (κ2) is 10.1. The van der Waals surface area contributed by atoms with E-state index in [0.717, 1.165) is 19.3 Å². The van der Waals surface area contributed by atoms with Gasteiger partial charge in [-0.1, -0.05) is 18.0 Å². The van der Waals surface area contributed by atoms with E-state index in [1.54, 1.807) is 24.3 Å². The summed E-state index contributed by atoms with van der Waals surface area (Å²) in [5.41, 5.74) is 0.395. The molecule has 2 aromatic carbocycles. The Bertz CT molecular complexity index is 1050. The first-order valence-corrected chi connectivity index (χ1v) is 11.5. The fourth-order valence-electron chi connectivity index (χ4n) is 3.16. The van der Waals surface area contributed by atoms with Crippen molar-refractivity contribution in [2.45, 2.75) is 24.2 Å². The molecule has 0 bridgehead atoms. The average Bonchev–Trinajstić information content (AvgIpc) is 2.78. The van der Waals surface area contributed by atoms with E-state index in [1.165, 1.54) is 29.6 Å². The Kier molecular flexibility index (Phi) is 7.53. The molecule has 3 rings (SSSR count). The van der Waals surface area contributed by atoms with Crippen LogP contribution in [0.25, 0.3) is 0 Å². The van der Waals surface area contributed by atoms with Gasteiger partial charge in [-0.15, -0.1) is 0 Å². The predicted octanol–water partition coefficient (Wildman–Crippen LogP) is 3.32. The molecule has 0 unspecified atom stereocenters. The lowest BCUT2D eigenvalue weighted by Gasteiger charge is -2.26. The number of nitrogens with zero attached hydrogens (tertiary/aromatic N) is 1. The van der Waals surface area contributed by atoms with Gasteiger partial charge < -0.3 is 14.8 Å². The van der Waals surface area contributed by atoms with Crippen LogP contribution in [0.4, 0.5) is 5.69 Å². The van der Waals surface area contributed by atoms with Gasteiger partial charge in [0, 0.05) is 18.8 Å². The Morgan fingerprint density at radius 3 is 2.39 bits per heavy atom. The van der Waals surface area contributed by atoms with E-state index in [2.05, 4.69) is 5.32 Å². The first kappa shape index (κ1) is 23.1. The molecular weight excluding hydrogens is 444 g/mol. The summed E-state index contributed by atoms with van der Waals surface area (Å²) in [7, 11) is -2.20. The molecule has 2 aromatic rings. The number of hydrogen-bond donors (Lipinski definition) is 1. The van der Waals surface area contributed by atoms with Crippen molar-refractivity contribution in [3.8, 4) is 5.75 Å². The molecule has 1 amide bonds. The van der Waals surface area contributed by atoms with Gasteiger partial charge in [0.2, 0.25) is 10.0 Å². The monoisotopic (exact) mass is 466 g/mol. The first-order chi connectivity index (χ1) is 14.8. The summed E-state index contributed by atoms with van der Waals surface area (Å²) < 4.78 is 37.2. The Morgan fingerprint density at radius 2 is 1.74 bits per heavy atom. The number of anilines is 1. The SMILES string of the molecule is COc1ccc(NC(=O)COC(=O)c2cc(S(=O)(=O)N3CCCCC3)ccc2Cl)cc1. The summed E-state index contributed by atoms with van der Waals surface area (Å²) in [6, 6.07) is 10.5. The van der Waals surface area contributed by atoms with Crippen molar-refractivity contribution in [2.75, 3.05) is 32.1 Å². The smallest absolute Gasteiger partial charge is 0.340 e. The molecule has 1 fully saturated rings. The zero-order valence-electron chi connectivity index (χ0n) is 17.0. The van der Waals surface area contributed by atoms with Crippen LogP contribution in [0.3, 0.4) is 0 Å². The standard InChI is InChI=1S/C21H23ClN2O6S/c1-29-16-7-5-15(6-8-16)23-20(25)14-30-21(26)18-13-17(9-10-19(18)22)31(27,28)24-11-3-2-4-12-24/h5-10,13H,2-4,11-12,14H2,1H3,(H,23,25). The Morgan fingerprint density at radius 1 is 1.06 bits per heavy atom. The molecule has 1 aliphatic rings. The molecule has 0 spiro atoms. The van der Waals surface area contributed by atoms with Crippen molar-refractivity contribution in [2.24, 2.45) is 0 Å². The number of nitrogens with one attached hydrogen (secondary N) is 1. The maximum atomic E-state index is 12.8. The molecule has 0 aromatic heterocycles. The highest BCUT2D eigenvalue weighted by atomic mass is 35.5. The van der Waals surface area contributed by atoms with Crippen molar-refractivity contribution in [3.63, 3.8) is 0 Å². The zero-order valence-corrected chi connectivity index (χ0v) is 18.5. The molecular formula is C21H23ClN2O6S. The topological polar surface area (TPSA) is 102 Å². The molecule has 166 valence electrons. The van der Waals surface area contributed by atoms with Crippen LogP contribution in [-0.4, -0.2) is 51.4 Å². The van der Waals surface area contributed by atoms with E-state index in [4.69, 9.17) is 21.1 Å². The van der Waals surface area contributed by atoms with Crippen molar-refractivity contribution in [1.29, 1.82) is 0 Å². The molecule has 8 nitrogen and oxygen atoms in total. The number of methoxy groups -OCH3 is 1. The molecule has 0 atom stereocenters. The summed E-state index contributed by atoms with van der Waals surface area (Å²) in [6.07, 6.45) is 2.58. The molecule has 1 saturated heterocycles. The number of piperidine rings is 1. The molecule has 1 aliphatic heterocycles. The zero-order chi connectivity index (χ0) is 22.4. The quantitative estimate of drug-likeness (QED) is 0.628. The average molecular weight is 467 g/mol. The Hall–Kier alpha value is -2.62. The van der Waals surface area contributed by atoms with Crippen molar-refractivity contribution >= 4 is 39.2 Å². The first-order valence-electron chi connectivity index (χ1n) is 9.72. The number of rotatable bonds is 7. The highest BCUT2D eigenvalue weighted by Gasteiger charge is 2.27. The van der Waals surface area contributed by atoms with Gasteiger partial charge in [0.1, 0.15) is 5.75 Å². The number of esters is 1. The maximum Gasteiger partial charge on any atom is 0.340 e. The highest BCUT2D eigenvalue weighted by molar-refractivity contribution is 7.89. The van der Waals surface area contributed by atoms with E-state index in [0.29, 0.717) is 24.5 Å². The number of carbonyl (C=O) groups excluding carboxylic acids is 2. The van der Waals surface area contributed by atoms with Gasteiger partial charge in [0.05, 0.1) is 22.6 Å². The van der Waals surface area contributed by atoms with Gasteiger partial charge in [0.15, 0.2) is 6.61 Å². The van der Waals surface area contributed by atoms with E-state index < -0.39 is 28.5 Å². The maximum absolute atomic E-state index is 12.8. The normalized spacial score (nSPS) is 14.6. The lowest BCUT2D eigenvalue weighted by atomic mass is 10.2. The predicted molar refractivity (Wildman–Crippen MR) is 116 cm³/mol. The molecule has 0 saturated carbocycles. The van der Waals surface area contributed by atoms with Gasteiger partial charge >= 0.3 is 5.97 Å². The minimum absolute atomic E-state index is 0.0339. The molecule has 1 heterocycles. The fraction of sp³-hybridized carbons (Fsp3) is 0.333. The van der Waals surface area contributed by atoms with Crippen LogP contribution < -0.4 is 10.1 Å². The number of carbonyl (C=O) groups is 2. The fourth-order valence-corrected chi connectivity index (χ4v) is 4.89. The summed E-state index contributed by atoms with van der Waals surface area (Å²) in [6.45, 7) is 0.330. The summed E-state index contributed by atoms with van der Waals surface area (Å²) in [4.78, 5) is 24.5. The number of amides is 1. The van der Waals surface area contributed by atoms with Crippen LogP contribution in [0.15, 0.2) is 47.4 Å². The molecule has 1 N–H and O–H groups in total. The number of hydrogen-bond acceptors (Lipinski definition) is 6. The van der Waals surface area contributed by atoms with E-state index in [9.17, 15) is 18.0 Å². The lowest BCUT2D eigenvalue weighted by Crippen LogP contribution is -2.35. The lowest BCUT2D eigenvalue weighted by molar-refractivity contribution is -0.119. The third kappa shape index (κ3) is 5.75. The van der Waals surface area contributed by atoms with Crippen LogP contribution in [0.1, 0.15) is 29.6 Å². The summed E-state index contributed by atoms with van der Waals surface area (Å²) in [5, 5.41) is 2.63.